The lowest BCUT2D eigenvalue weighted by atomic mass is 9.93. The van der Waals surface area contributed by atoms with Crippen LogP contribution in [0.5, 0.6) is 11.5 Å². The number of rotatable bonds is 15. The van der Waals surface area contributed by atoms with Crippen LogP contribution in [0.3, 0.4) is 0 Å². The fraction of sp³-hybridized carbons (Fsp3) is 0.364. The molecule has 0 amide bonds. The van der Waals surface area contributed by atoms with Crippen molar-refractivity contribution in [2.24, 2.45) is 0 Å². The number of unbranched alkanes of at least 4 members (excludes halogenated alkanes) is 2. The lowest BCUT2D eigenvalue weighted by molar-refractivity contribution is -0.139. The van der Waals surface area contributed by atoms with Crippen molar-refractivity contribution in [2.75, 3.05) is 26.4 Å². The molecular weight excluding hydrogens is 476 g/mol. The van der Waals surface area contributed by atoms with Gasteiger partial charge in [-0.1, -0.05) is 81.8 Å². The summed E-state index contributed by atoms with van der Waals surface area (Å²) in [4.78, 5) is 11.6. The lowest BCUT2D eigenvalue weighted by Crippen LogP contribution is -2.13. The largest absolute Gasteiger partial charge is 0.487 e. The van der Waals surface area contributed by atoms with Crippen LogP contribution in [0.4, 0.5) is 0 Å². The highest BCUT2D eigenvalue weighted by Crippen LogP contribution is 2.36. The molecule has 3 aromatic carbocycles. The third-order valence-corrected chi connectivity index (χ3v) is 6.37. The minimum Gasteiger partial charge on any atom is -0.487 e. The van der Waals surface area contributed by atoms with E-state index in [2.05, 4.69) is 62.9 Å². The number of ether oxygens (including phenoxy) is 3. The Balaban J connectivity index is 1.80. The van der Waals surface area contributed by atoms with Crippen molar-refractivity contribution >= 4 is 5.97 Å². The molecule has 0 aliphatic carbocycles. The fourth-order valence-electron chi connectivity index (χ4n) is 4.26. The Morgan fingerprint density at radius 2 is 1.53 bits per heavy atom. The van der Waals surface area contributed by atoms with Gasteiger partial charge in [0.05, 0.1) is 6.61 Å². The van der Waals surface area contributed by atoms with Gasteiger partial charge in [0.15, 0.2) is 11.5 Å². The van der Waals surface area contributed by atoms with E-state index in [1.54, 1.807) is 6.92 Å². The van der Waals surface area contributed by atoms with Gasteiger partial charge in [-0.25, -0.2) is 4.79 Å². The minimum atomic E-state index is -0.446. The predicted molar refractivity (Wildman–Crippen MR) is 154 cm³/mol. The van der Waals surface area contributed by atoms with Crippen LogP contribution < -0.4 is 9.47 Å². The number of hydrogen-bond acceptors (Lipinski definition) is 5. The molecule has 0 radical (unpaired) electrons. The van der Waals surface area contributed by atoms with Crippen LogP contribution in [0, 0.1) is 0 Å². The van der Waals surface area contributed by atoms with Crippen molar-refractivity contribution in [1.82, 2.24) is 0 Å². The molecule has 0 aromatic heterocycles. The standard InChI is InChI=1S/C33H40O5/c1-5-7-8-9-25-10-12-27(13-11-25)28-14-16-30(26(6-2)22-28)29-15-17-31(36-19-18-34)32(23-29)37-20-21-38-33(35)24(3)4/h10-17,22-23,34H,3,5-9,18-21H2,1-2,4H3. The van der Waals surface area contributed by atoms with Gasteiger partial charge in [-0.3, -0.25) is 0 Å². The third-order valence-electron chi connectivity index (χ3n) is 6.37. The van der Waals surface area contributed by atoms with E-state index < -0.39 is 5.97 Å². The van der Waals surface area contributed by atoms with E-state index in [-0.39, 0.29) is 26.4 Å². The first kappa shape index (κ1) is 29.0. The molecule has 5 heteroatoms. The normalized spacial score (nSPS) is 10.7. The Hall–Kier alpha value is -3.57. The van der Waals surface area contributed by atoms with Gasteiger partial charge in [-0.2, -0.15) is 0 Å². The molecule has 38 heavy (non-hydrogen) atoms. The summed E-state index contributed by atoms with van der Waals surface area (Å²) in [5, 5.41) is 9.20. The van der Waals surface area contributed by atoms with Crippen LogP contribution in [0.25, 0.3) is 22.3 Å². The smallest absolute Gasteiger partial charge is 0.333 e. The second kappa shape index (κ2) is 15.0. The summed E-state index contributed by atoms with van der Waals surface area (Å²) < 4.78 is 16.7. The van der Waals surface area contributed by atoms with E-state index in [4.69, 9.17) is 14.2 Å². The van der Waals surface area contributed by atoms with E-state index in [1.807, 2.05) is 18.2 Å². The molecule has 202 valence electrons. The molecule has 0 spiro atoms. The summed E-state index contributed by atoms with van der Waals surface area (Å²) in [5.74, 6) is 0.618. The Kier molecular flexibility index (Phi) is 11.4. The van der Waals surface area contributed by atoms with E-state index in [9.17, 15) is 9.90 Å². The molecule has 0 fully saturated rings. The summed E-state index contributed by atoms with van der Waals surface area (Å²) in [6.45, 7) is 9.91. The molecule has 0 aliphatic heterocycles. The summed E-state index contributed by atoms with van der Waals surface area (Å²) >= 11 is 0. The topological polar surface area (TPSA) is 65.0 Å². The molecule has 0 saturated carbocycles. The summed E-state index contributed by atoms with van der Waals surface area (Å²) in [6.07, 6.45) is 5.76. The SMILES string of the molecule is C=C(C)C(=O)OCCOc1cc(-c2ccc(-c3ccc(CCCCC)cc3)cc2CC)ccc1OCCO. The van der Waals surface area contributed by atoms with Gasteiger partial charge in [0.1, 0.15) is 19.8 Å². The number of carbonyl (C=O) groups excluding carboxylic acids is 1. The molecule has 0 atom stereocenters. The van der Waals surface area contributed by atoms with E-state index >= 15 is 0 Å². The third kappa shape index (κ3) is 8.22. The number of benzene rings is 3. The zero-order chi connectivity index (χ0) is 27.3. The molecule has 1 N–H and O–H groups in total. The minimum absolute atomic E-state index is 0.0986. The first-order valence-corrected chi connectivity index (χ1v) is 13.5. The molecule has 3 aromatic rings. The van der Waals surface area contributed by atoms with Crippen molar-refractivity contribution in [1.29, 1.82) is 0 Å². The van der Waals surface area contributed by atoms with Gasteiger partial charge in [0.2, 0.25) is 0 Å². The maximum absolute atomic E-state index is 11.6. The van der Waals surface area contributed by atoms with Gasteiger partial charge >= 0.3 is 5.97 Å². The first-order valence-electron chi connectivity index (χ1n) is 13.5. The average molecular weight is 517 g/mol. The van der Waals surface area contributed by atoms with Gasteiger partial charge < -0.3 is 19.3 Å². The number of aliphatic hydroxyl groups is 1. The number of aryl methyl sites for hydroxylation is 2. The second-order valence-electron chi connectivity index (χ2n) is 9.38. The van der Waals surface area contributed by atoms with Gasteiger partial charge in [-0.15, -0.1) is 0 Å². The molecule has 5 nitrogen and oxygen atoms in total. The maximum Gasteiger partial charge on any atom is 0.333 e. The molecule has 0 unspecified atom stereocenters. The quantitative estimate of drug-likeness (QED) is 0.132. The number of hydrogen-bond donors (Lipinski definition) is 1. The highest BCUT2D eigenvalue weighted by molar-refractivity contribution is 5.86. The Morgan fingerprint density at radius 1 is 0.816 bits per heavy atom. The fourth-order valence-corrected chi connectivity index (χ4v) is 4.26. The molecule has 0 heterocycles. The van der Waals surface area contributed by atoms with Crippen molar-refractivity contribution in [3.63, 3.8) is 0 Å². The van der Waals surface area contributed by atoms with Crippen LogP contribution in [0.2, 0.25) is 0 Å². The zero-order valence-electron chi connectivity index (χ0n) is 22.9. The molecular formula is C33H40O5. The van der Waals surface area contributed by atoms with Crippen molar-refractivity contribution < 1.29 is 24.1 Å². The summed E-state index contributed by atoms with van der Waals surface area (Å²) in [5.41, 5.74) is 7.51. The van der Waals surface area contributed by atoms with Crippen LogP contribution >= 0.6 is 0 Å². The van der Waals surface area contributed by atoms with Crippen LogP contribution in [0.15, 0.2) is 72.8 Å². The van der Waals surface area contributed by atoms with Gasteiger partial charge in [0, 0.05) is 5.57 Å². The van der Waals surface area contributed by atoms with Crippen LogP contribution in [0.1, 0.15) is 51.2 Å². The lowest BCUT2D eigenvalue weighted by Gasteiger charge is -2.16. The number of aliphatic hydroxyl groups excluding tert-OH is 1. The van der Waals surface area contributed by atoms with Crippen molar-refractivity contribution in [3.8, 4) is 33.8 Å². The Morgan fingerprint density at radius 3 is 2.21 bits per heavy atom. The van der Waals surface area contributed by atoms with Crippen LogP contribution in [-0.4, -0.2) is 37.5 Å². The molecule has 0 bridgehead atoms. The maximum atomic E-state index is 11.6. The second-order valence-corrected chi connectivity index (χ2v) is 9.38. The van der Waals surface area contributed by atoms with Crippen molar-refractivity contribution in [2.45, 2.75) is 52.9 Å². The average Bonchev–Trinajstić information content (AvgIpc) is 2.94. The van der Waals surface area contributed by atoms with Crippen LogP contribution in [-0.2, 0) is 22.4 Å². The summed E-state index contributed by atoms with van der Waals surface area (Å²) in [6, 6.07) is 21.3. The van der Waals surface area contributed by atoms with Gasteiger partial charge in [0.25, 0.3) is 0 Å². The van der Waals surface area contributed by atoms with E-state index in [0.717, 1.165) is 24.0 Å². The van der Waals surface area contributed by atoms with Gasteiger partial charge in [-0.05, 0) is 71.7 Å². The zero-order valence-corrected chi connectivity index (χ0v) is 22.9. The van der Waals surface area contributed by atoms with E-state index in [0.29, 0.717) is 17.1 Å². The monoisotopic (exact) mass is 516 g/mol. The first-order chi connectivity index (χ1) is 18.5. The molecule has 3 rings (SSSR count). The predicted octanol–water partition coefficient (Wildman–Crippen LogP) is 7.18. The molecule has 0 saturated heterocycles. The van der Waals surface area contributed by atoms with Crippen molar-refractivity contribution in [3.05, 3.63) is 83.9 Å². The molecule has 0 aliphatic rings. The Bertz CT molecular complexity index is 1200. The highest BCUT2D eigenvalue weighted by atomic mass is 16.6. The highest BCUT2D eigenvalue weighted by Gasteiger charge is 2.13. The summed E-state index contributed by atoms with van der Waals surface area (Å²) in [7, 11) is 0. The number of esters is 1. The van der Waals surface area contributed by atoms with E-state index in [1.165, 1.54) is 41.5 Å². The Labute approximate surface area is 227 Å². The number of carbonyl (C=O) groups is 1.